The van der Waals surface area contributed by atoms with Crippen LogP contribution in [0.15, 0.2) is 30.3 Å². The van der Waals surface area contributed by atoms with Gasteiger partial charge in [-0.2, -0.15) is 5.10 Å². The molecule has 0 radical (unpaired) electrons. The third-order valence-corrected chi connectivity index (χ3v) is 4.26. The number of carbonyl (C=O) groups excluding carboxylic acids is 2. The first-order valence-corrected chi connectivity index (χ1v) is 8.88. The van der Waals surface area contributed by atoms with E-state index in [0.29, 0.717) is 37.6 Å². The van der Waals surface area contributed by atoms with Gasteiger partial charge in [-0.25, -0.2) is 0 Å². The molecule has 8 heteroatoms. The number of fused-ring (bicyclic) bond motifs is 1. The van der Waals surface area contributed by atoms with E-state index in [1.807, 2.05) is 31.2 Å². The highest BCUT2D eigenvalue weighted by Gasteiger charge is 2.26. The number of benzene rings is 1. The summed E-state index contributed by atoms with van der Waals surface area (Å²) in [4.78, 5) is 24.1. The molecule has 2 heterocycles. The molecule has 0 spiro atoms. The predicted molar refractivity (Wildman–Crippen MR) is 98.7 cm³/mol. The zero-order chi connectivity index (χ0) is 19.2. The lowest BCUT2D eigenvalue weighted by molar-refractivity contribution is -0.123. The summed E-state index contributed by atoms with van der Waals surface area (Å²) in [5.74, 6) is 0.277. The average molecular weight is 372 g/mol. The van der Waals surface area contributed by atoms with Gasteiger partial charge < -0.3 is 20.1 Å². The molecule has 1 atom stereocenters. The second kappa shape index (κ2) is 8.68. The van der Waals surface area contributed by atoms with Crippen molar-refractivity contribution in [2.75, 3.05) is 26.9 Å². The van der Waals surface area contributed by atoms with E-state index in [9.17, 15) is 9.59 Å². The summed E-state index contributed by atoms with van der Waals surface area (Å²) in [5, 5.41) is 10.00. The number of nitrogens with one attached hydrogen (secondary N) is 2. The van der Waals surface area contributed by atoms with Crippen molar-refractivity contribution < 1.29 is 19.1 Å². The maximum atomic E-state index is 12.1. The van der Waals surface area contributed by atoms with Gasteiger partial charge in [-0.15, -0.1) is 0 Å². The summed E-state index contributed by atoms with van der Waals surface area (Å²) in [6.07, 6.45) is 0.633. The molecule has 0 fully saturated rings. The molecule has 144 valence electrons. The molecular weight excluding hydrogens is 348 g/mol. The summed E-state index contributed by atoms with van der Waals surface area (Å²) in [5.41, 5.74) is 2.39. The van der Waals surface area contributed by atoms with Gasteiger partial charge in [0.25, 0.3) is 11.8 Å². The lowest BCUT2D eigenvalue weighted by Gasteiger charge is -2.12. The van der Waals surface area contributed by atoms with E-state index in [1.54, 1.807) is 17.9 Å². The van der Waals surface area contributed by atoms with E-state index in [1.165, 1.54) is 0 Å². The number of nitrogens with zero attached hydrogens (tertiary/aromatic N) is 2. The van der Waals surface area contributed by atoms with Crippen molar-refractivity contribution in [3.05, 3.63) is 47.3 Å². The van der Waals surface area contributed by atoms with Crippen LogP contribution in [0.25, 0.3) is 0 Å². The highest BCUT2D eigenvalue weighted by Crippen LogP contribution is 2.16. The van der Waals surface area contributed by atoms with Crippen LogP contribution in [-0.2, 0) is 22.5 Å². The Morgan fingerprint density at radius 3 is 2.93 bits per heavy atom. The van der Waals surface area contributed by atoms with Gasteiger partial charge in [0.15, 0.2) is 6.61 Å². The van der Waals surface area contributed by atoms with Gasteiger partial charge in [0.2, 0.25) is 0 Å². The van der Waals surface area contributed by atoms with Crippen molar-refractivity contribution in [2.45, 2.75) is 25.9 Å². The molecule has 1 aliphatic heterocycles. The van der Waals surface area contributed by atoms with Crippen LogP contribution in [0.2, 0.25) is 0 Å². The normalized spacial score (nSPS) is 15.3. The van der Waals surface area contributed by atoms with Gasteiger partial charge in [0.05, 0.1) is 19.2 Å². The fourth-order valence-corrected chi connectivity index (χ4v) is 2.99. The Hall–Kier alpha value is -2.87. The van der Waals surface area contributed by atoms with Crippen molar-refractivity contribution in [3.8, 4) is 5.75 Å². The topological polar surface area (TPSA) is 94.5 Å². The summed E-state index contributed by atoms with van der Waals surface area (Å²) in [7, 11) is 1.58. The van der Waals surface area contributed by atoms with Gasteiger partial charge >= 0.3 is 0 Å². The fourth-order valence-electron chi connectivity index (χ4n) is 2.99. The molecule has 0 aliphatic carbocycles. The molecule has 1 aromatic carbocycles. The van der Waals surface area contributed by atoms with E-state index >= 15 is 0 Å². The molecule has 3 rings (SSSR count). The minimum absolute atomic E-state index is 0.0323. The van der Waals surface area contributed by atoms with Crippen LogP contribution in [-0.4, -0.2) is 54.5 Å². The molecule has 0 saturated carbocycles. The first kappa shape index (κ1) is 18.9. The monoisotopic (exact) mass is 372 g/mol. The van der Waals surface area contributed by atoms with Crippen molar-refractivity contribution >= 4 is 11.8 Å². The van der Waals surface area contributed by atoms with Crippen LogP contribution in [0.1, 0.15) is 21.7 Å². The van der Waals surface area contributed by atoms with E-state index in [4.69, 9.17) is 9.47 Å². The first-order valence-electron chi connectivity index (χ1n) is 8.88. The number of aromatic nitrogens is 2. The Balaban J connectivity index is 1.45. The molecule has 8 nitrogen and oxygen atoms in total. The molecule has 0 saturated heterocycles. The van der Waals surface area contributed by atoms with E-state index in [-0.39, 0.29) is 24.5 Å². The highest BCUT2D eigenvalue weighted by molar-refractivity contribution is 5.92. The molecule has 2 aromatic rings. The van der Waals surface area contributed by atoms with Crippen LogP contribution >= 0.6 is 0 Å². The summed E-state index contributed by atoms with van der Waals surface area (Å²) < 4.78 is 12.2. The number of hydrogen-bond donors (Lipinski definition) is 2. The third-order valence-electron chi connectivity index (χ3n) is 4.26. The number of amides is 2. The van der Waals surface area contributed by atoms with Crippen LogP contribution in [0.5, 0.6) is 5.75 Å². The smallest absolute Gasteiger partial charge is 0.271 e. The largest absolute Gasteiger partial charge is 0.484 e. The Kier molecular flexibility index (Phi) is 6.08. The quantitative estimate of drug-likeness (QED) is 0.665. The Morgan fingerprint density at radius 1 is 1.33 bits per heavy atom. The lowest BCUT2D eigenvalue weighted by Crippen LogP contribution is -2.39. The number of methoxy groups -OCH3 is 1. The van der Waals surface area contributed by atoms with Crippen molar-refractivity contribution in [1.29, 1.82) is 0 Å². The SMILES string of the molecule is COCCNC(=O)c1cc2n(n1)CC(NC(=O)COc1cccc(C)c1)C2. The maximum Gasteiger partial charge on any atom is 0.271 e. The molecular formula is C19H24N4O4. The van der Waals surface area contributed by atoms with Crippen LogP contribution in [0.3, 0.4) is 0 Å². The Labute approximate surface area is 157 Å². The summed E-state index contributed by atoms with van der Waals surface area (Å²) in [6.45, 7) is 3.38. The predicted octanol–water partition coefficient (Wildman–Crippen LogP) is 0.688. The second-order valence-corrected chi connectivity index (χ2v) is 6.53. The minimum Gasteiger partial charge on any atom is -0.484 e. The van der Waals surface area contributed by atoms with Crippen LogP contribution < -0.4 is 15.4 Å². The lowest BCUT2D eigenvalue weighted by atomic mass is 10.2. The maximum absolute atomic E-state index is 12.1. The van der Waals surface area contributed by atoms with Crippen LogP contribution in [0.4, 0.5) is 0 Å². The van der Waals surface area contributed by atoms with Crippen molar-refractivity contribution in [1.82, 2.24) is 20.4 Å². The van der Waals surface area contributed by atoms with Crippen molar-refractivity contribution in [2.24, 2.45) is 0 Å². The summed E-state index contributed by atoms with van der Waals surface area (Å²) >= 11 is 0. The highest BCUT2D eigenvalue weighted by atomic mass is 16.5. The Bertz CT molecular complexity index is 794. The van der Waals surface area contributed by atoms with Gasteiger partial charge in [0.1, 0.15) is 11.4 Å². The molecule has 27 heavy (non-hydrogen) atoms. The zero-order valence-corrected chi connectivity index (χ0v) is 15.5. The number of hydrogen-bond acceptors (Lipinski definition) is 5. The van der Waals surface area contributed by atoms with E-state index < -0.39 is 0 Å². The van der Waals surface area contributed by atoms with E-state index in [2.05, 4.69) is 15.7 Å². The molecule has 2 N–H and O–H groups in total. The van der Waals surface area contributed by atoms with Gasteiger partial charge in [0, 0.05) is 25.8 Å². The molecule has 0 bridgehead atoms. The molecule has 1 unspecified atom stereocenters. The molecule has 1 aromatic heterocycles. The average Bonchev–Trinajstić information content (AvgIpc) is 3.19. The minimum atomic E-state index is -0.221. The van der Waals surface area contributed by atoms with Crippen LogP contribution in [0, 0.1) is 6.92 Å². The molecule has 2 amide bonds. The number of aryl methyl sites for hydroxylation is 1. The number of ether oxygens (including phenoxy) is 2. The zero-order valence-electron chi connectivity index (χ0n) is 15.5. The fraction of sp³-hybridized carbons (Fsp3) is 0.421. The Morgan fingerprint density at radius 2 is 2.19 bits per heavy atom. The summed E-state index contributed by atoms with van der Waals surface area (Å²) in [6, 6.07) is 9.28. The first-order chi connectivity index (χ1) is 13.0. The van der Waals surface area contributed by atoms with Crippen molar-refractivity contribution in [3.63, 3.8) is 0 Å². The third kappa shape index (κ3) is 5.07. The number of carbonyl (C=O) groups is 2. The molecule has 1 aliphatic rings. The standard InChI is InChI=1S/C19H24N4O4/c1-13-4-3-5-16(8-13)27-12-18(24)21-14-9-15-10-17(22-23(15)11-14)19(25)20-6-7-26-2/h3-5,8,10,14H,6-7,9,11-12H2,1-2H3,(H,20,25)(H,21,24). The van der Waals surface area contributed by atoms with Gasteiger partial charge in [-0.05, 0) is 30.7 Å². The van der Waals surface area contributed by atoms with Gasteiger partial charge in [-0.3, -0.25) is 14.3 Å². The van der Waals surface area contributed by atoms with Gasteiger partial charge in [-0.1, -0.05) is 12.1 Å². The second-order valence-electron chi connectivity index (χ2n) is 6.53. The number of rotatable bonds is 8. The van der Waals surface area contributed by atoms with E-state index in [0.717, 1.165) is 11.3 Å².